The molecule has 168 valence electrons. The van der Waals surface area contributed by atoms with Gasteiger partial charge in [-0.15, -0.1) is 0 Å². The van der Waals surface area contributed by atoms with Crippen LogP contribution in [0.15, 0.2) is 71.6 Å². The molecule has 0 spiro atoms. The highest BCUT2D eigenvalue weighted by atomic mass is 35.5. The van der Waals surface area contributed by atoms with E-state index in [0.717, 1.165) is 22.5 Å². The molecule has 1 amide bonds. The van der Waals surface area contributed by atoms with Gasteiger partial charge in [0.25, 0.3) is 0 Å². The number of nitrogens with zero attached hydrogens (tertiary/aromatic N) is 1. The molecule has 6 nitrogen and oxygen atoms in total. The Kier molecular flexibility index (Phi) is 7.44. The highest BCUT2D eigenvalue weighted by molar-refractivity contribution is 7.89. The molecular weight excluding hydrogens is 462 g/mol. The third-order valence-electron chi connectivity index (χ3n) is 4.51. The minimum Gasteiger partial charge on any atom is -0.495 e. The Morgan fingerprint density at radius 2 is 1.69 bits per heavy atom. The Morgan fingerprint density at radius 1 is 1.03 bits per heavy atom. The second-order valence-corrected chi connectivity index (χ2v) is 9.05. The van der Waals surface area contributed by atoms with Crippen molar-refractivity contribution in [2.24, 2.45) is 0 Å². The molecule has 0 heterocycles. The quantitative estimate of drug-likeness (QED) is 0.516. The van der Waals surface area contributed by atoms with E-state index in [4.69, 9.17) is 16.3 Å². The van der Waals surface area contributed by atoms with Crippen molar-refractivity contribution >= 4 is 33.2 Å². The van der Waals surface area contributed by atoms with Gasteiger partial charge in [-0.25, -0.2) is 17.2 Å². The summed E-state index contributed by atoms with van der Waals surface area (Å²) in [6.45, 7) is -0.839. The summed E-state index contributed by atoms with van der Waals surface area (Å²) in [6.07, 6.45) is 0. The number of rotatable bonds is 8. The van der Waals surface area contributed by atoms with Crippen molar-refractivity contribution in [3.05, 3.63) is 89.0 Å². The van der Waals surface area contributed by atoms with Crippen LogP contribution in [0.4, 0.5) is 14.5 Å². The maximum absolute atomic E-state index is 13.9. The summed E-state index contributed by atoms with van der Waals surface area (Å²) in [5, 5.41) is 2.18. The molecule has 0 fully saturated rings. The van der Waals surface area contributed by atoms with E-state index in [1.807, 2.05) is 0 Å². The van der Waals surface area contributed by atoms with E-state index in [1.165, 1.54) is 25.3 Å². The van der Waals surface area contributed by atoms with E-state index < -0.39 is 39.8 Å². The number of sulfonamides is 1. The van der Waals surface area contributed by atoms with Gasteiger partial charge in [-0.2, -0.15) is 4.31 Å². The van der Waals surface area contributed by atoms with Gasteiger partial charge in [0, 0.05) is 6.54 Å². The Balaban J connectivity index is 1.92. The van der Waals surface area contributed by atoms with Gasteiger partial charge in [-0.3, -0.25) is 4.79 Å². The number of amides is 1. The van der Waals surface area contributed by atoms with Crippen LogP contribution in [0.25, 0.3) is 0 Å². The van der Waals surface area contributed by atoms with Gasteiger partial charge in [0.15, 0.2) is 0 Å². The predicted octanol–water partition coefficient (Wildman–Crippen LogP) is 4.46. The third-order valence-corrected chi connectivity index (χ3v) is 6.59. The number of ether oxygens (including phenoxy) is 1. The van der Waals surface area contributed by atoms with Crippen LogP contribution < -0.4 is 10.1 Å². The van der Waals surface area contributed by atoms with Gasteiger partial charge in [0.1, 0.15) is 23.1 Å². The van der Waals surface area contributed by atoms with Gasteiger partial charge in [0.2, 0.25) is 15.9 Å². The van der Waals surface area contributed by atoms with Gasteiger partial charge < -0.3 is 10.1 Å². The van der Waals surface area contributed by atoms with Crippen molar-refractivity contribution in [3.63, 3.8) is 0 Å². The molecule has 3 rings (SSSR count). The number of para-hydroxylation sites is 1. The van der Waals surface area contributed by atoms with E-state index in [2.05, 4.69) is 5.32 Å². The van der Waals surface area contributed by atoms with Crippen LogP contribution in [-0.2, 0) is 21.4 Å². The first kappa shape index (κ1) is 23.6. The molecule has 0 saturated carbocycles. The minimum absolute atomic E-state index is 0.0751. The Morgan fingerprint density at radius 3 is 2.28 bits per heavy atom. The fourth-order valence-electron chi connectivity index (χ4n) is 2.93. The summed E-state index contributed by atoms with van der Waals surface area (Å²) < 4.78 is 60.4. The number of methoxy groups -OCH3 is 1. The molecule has 10 heteroatoms. The zero-order valence-electron chi connectivity index (χ0n) is 16.9. The summed E-state index contributed by atoms with van der Waals surface area (Å²) in [4.78, 5) is 12.4. The molecular formula is C22H19ClF2N2O4S. The number of halogens is 3. The Bertz CT molecular complexity index is 1200. The van der Waals surface area contributed by atoms with Crippen LogP contribution >= 0.6 is 11.6 Å². The summed E-state index contributed by atoms with van der Waals surface area (Å²) in [7, 11) is -2.82. The third kappa shape index (κ3) is 5.42. The first-order valence-electron chi connectivity index (χ1n) is 9.34. The van der Waals surface area contributed by atoms with Crippen LogP contribution in [0, 0.1) is 11.6 Å². The molecule has 32 heavy (non-hydrogen) atoms. The summed E-state index contributed by atoms with van der Waals surface area (Å²) >= 11 is 6.08. The van der Waals surface area contributed by atoms with Gasteiger partial charge >= 0.3 is 0 Å². The molecule has 0 atom stereocenters. The van der Waals surface area contributed by atoms with Crippen molar-refractivity contribution in [1.29, 1.82) is 0 Å². The van der Waals surface area contributed by atoms with Gasteiger partial charge in [-0.05, 0) is 35.9 Å². The standard InChI is InChI=1S/C22H19ClF2N2O4S/c1-31-20-11-10-16(12-17(20)23)32(29,30)27(13-15-6-3-2-4-7-15)14-21(28)26-22-18(24)8-5-9-19(22)25/h2-12H,13-14H2,1H3,(H,26,28). The summed E-state index contributed by atoms with van der Waals surface area (Å²) in [5.74, 6) is -2.57. The molecule has 3 aromatic rings. The lowest BCUT2D eigenvalue weighted by Crippen LogP contribution is -2.37. The molecule has 0 radical (unpaired) electrons. The topological polar surface area (TPSA) is 75.7 Å². The molecule has 0 aliphatic rings. The van der Waals surface area contributed by atoms with Gasteiger partial charge in [-0.1, -0.05) is 48.0 Å². The maximum Gasteiger partial charge on any atom is 0.243 e. The molecule has 0 saturated heterocycles. The zero-order chi connectivity index (χ0) is 23.3. The lowest BCUT2D eigenvalue weighted by atomic mass is 10.2. The van der Waals surface area contributed by atoms with Gasteiger partial charge in [0.05, 0.1) is 23.6 Å². The number of hydrogen-bond acceptors (Lipinski definition) is 4. The first-order chi connectivity index (χ1) is 15.2. The Hall–Kier alpha value is -3.01. The number of carbonyl (C=O) groups is 1. The first-order valence-corrected chi connectivity index (χ1v) is 11.2. The van der Waals surface area contributed by atoms with E-state index in [9.17, 15) is 22.0 Å². The van der Waals surface area contributed by atoms with Crippen LogP contribution in [0.5, 0.6) is 5.75 Å². The van der Waals surface area contributed by atoms with E-state index in [0.29, 0.717) is 5.56 Å². The number of nitrogens with one attached hydrogen (secondary N) is 1. The minimum atomic E-state index is -4.21. The SMILES string of the molecule is COc1ccc(S(=O)(=O)N(CC(=O)Nc2c(F)cccc2F)Cc2ccccc2)cc1Cl. The molecule has 0 aromatic heterocycles. The number of anilines is 1. The lowest BCUT2D eigenvalue weighted by molar-refractivity contribution is -0.116. The molecule has 0 bridgehead atoms. The molecule has 3 aromatic carbocycles. The summed E-state index contributed by atoms with van der Waals surface area (Å²) in [5.41, 5.74) is -0.0393. The fraction of sp³-hybridized carbons (Fsp3) is 0.136. The normalized spacial score (nSPS) is 11.4. The number of benzene rings is 3. The second-order valence-electron chi connectivity index (χ2n) is 6.70. The number of carbonyl (C=O) groups excluding carboxylic acids is 1. The van der Waals surface area contributed by atoms with Crippen molar-refractivity contribution < 1.29 is 26.7 Å². The van der Waals surface area contributed by atoms with Crippen LogP contribution in [0.2, 0.25) is 5.02 Å². The van der Waals surface area contributed by atoms with E-state index in [-0.39, 0.29) is 22.2 Å². The van der Waals surface area contributed by atoms with Crippen LogP contribution in [0.1, 0.15) is 5.56 Å². The second kappa shape index (κ2) is 10.1. The summed E-state index contributed by atoms with van der Waals surface area (Å²) in [6, 6.07) is 15.6. The van der Waals surface area contributed by atoms with E-state index in [1.54, 1.807) is 30.3 Å². The van der Waals surface area contributed by atoms with Crippen molar-refractivity contribution in [3.8, 4) is 5.75 Å². The van der Waals surface area contributed by atoms with Crippen LogP contribution in [-0.4, -0.2) is 32.3 Å². The predicted molar refractivity (Wildman–Crippen MR) is 117 cm³/mol. The van der Waals surface area contributed by atoms with Crippen molar-refractivity contribution in [1.82, 2.24) is 4.31 Å². The lowest BCUT2D eigenvalue weighted by Gasteiger charge is -2.22. The van der Waals surface area contributed by atoms with Crippen LogP contribution in [0.3, 0.4) is 0 Å². The highest BCUT2D eigenvalue weighted by Gasteiger charge is 2.28. The molecule has 0 aliphatic carbocycles. The van der Waals surface area contributed by atoms with Crippen molar-refractivity contribution in [2.75, 3.05) is 19.0 Å². The zero-order valence-corrected chi connectivity index (χ0v) is 18.5. The molecule has 1 N–H and O–H groups in total. The molecule has 0 unspecified atom stereocenters. The molecule has 0 aliphatic heterocycles. The van der Waals surface area contributed by atoms with Crippen molar-refractivity contribution in [2.45, 2.75) is 11.4 Å². The monoisotopic (exact) mass is 480 g/mol. The smallest absolute Gasteiger partial charge is 0.243 e. The average molecular weight is 481 g/mol. The fourth-order valence-corrected chi connectivity index (χ4v) is 4.66. The maximum atomic E-state index is 13.9. The van der Waals surface area contributed by atoms with E-state index >= 15 is 0 Å². The Labute approximate surface area is 189 Å². The average Bonchev–Trinajstić information content (AvgIpc) is 2.76. The highest BCUT2D eigenvalue weighted by Crippen LogP contribution is 2.29. The largest absolute Gasteiger partial charge is 0.495 e. The number of hydrogen-bond donors (Lipinski definition) is 1.